The van der Waals surface area contributed by atoms with Crippen LogP contribution in [0.25, 0.3) is 11.1 Å². The Labute approximate surface area is 203 Å². The molecule has 2 aliphatic heterocycles. The molecule has 0 bridgehead atoms. The number of carbonyl (C=O) groups is 3. The summed E-state index contributed by atoms with van der Waals surface area (Å²) in [5.41, 5.74) is 3.87. The SMILES string of the molecule is CC1(OCC(=O)O)CN(C(=O)[C@H]2OCC[C@H]2NC(=O)OCC2c3ccccc3-c3ccccc32)C1. The molecule has 0 unspecified atom stereocenters. The standard InChI is InChI=1S/C26H28N2O7/c1-26(35-13-22(29)30)14-28(15-26)24(31)23-21(10-11-33-23)27-25(32)34-12-20-18-8-4-2-6-16(18)17-7-3-5-9-19(17)20/h2-9,20-21,23H,10-15H2,1H3,(H,27,32)(H,29,30)/t21-,23+/m1/s1. The van der Waals surface area contributed by atoms with Crippen LogP contribution >= 0.6 is 0 Å². The number of hydrogen-bond donors (Lipinski definition) is 2. The van der Waals surface area contributed by atoms with E-state index in [0.717, 1.165) is 22.3 Å². The lowest BCUT2D eigenvalue weighted by molar-refractivity contribution is -0.178. The van der Waals surface area contributed by atoms with Crippen LogP contribution in [0.15, 0.2) is 48.5 Å². The predicted octanol–water partition coefficient (Wildman–Crippen LogP) is 2.38. The summed E-state index contributed by atoms with van der Waals surface area (Å²) in [4.78, 5) is 37.9. The van der Waals surface area contributed by atoms with Crippen LogP contribution in [0, 0.1) is 0 Å². The van der Waals surface area contributed by atoms with Crippen molar-refractivity contribution in [2.45, 2.75) is 37.0 Å². The topological polar surface area (TPSA) is 114 Å². The molecule has 2 amide bonds. The number of alkyl carbamates (subject to hydrolysis) is 1. The van der Waals surface area contributed by atoms with Gasteiger partial charge in [-0.2, -0.15) is 0 Å². The zero-order chi connectivity index (χ0) is 24.6. The van der Waals surface area contributed by atoms with Gasteiger partial charge in [0, 0.05) is 12.5 Å². The number of nitrogens with one attached hydrogen (secondary N) is 1. The minimum atomic E-state index is -1.05. The quantitative estimate of drug-likeness (QED) is 0.625. The Kier molecular flexibility index (Phi) is 6.21. The monoisotopic (exact) mass is 480 g/mol. The van der Waals surface area contributed by atoms with E-state index < -0.39 is 36.4 Å². The Morgan fingerprint density at radius 1 is 1.09 bits per heavy atom. The van der Waals surface area contributed by atoms with Crippen LogP contribution in [0.4, 0.5) is 4.79 Å². The van der Waals surface area contributed by atoms with E-state index in [1.807, 2.05) is 24.3 Å². The number of carboxylic acids is 1. The van der Waals surface area contributed by atoms with Crippen molar-refractivity contribution < 1.29 is 33.7 Å². The normalized spacial score (nSPS) is 22.1. The van der Waals surface area contributed by atoms with Gasteiger partial charge in [0.2, 0.25) is 0 Å². The van der Waals surface area contributed by atoms with Crippen LogP contribution in [0.3, 0.4) is 0 Å². The van der Waals surface area contributed by atoms with Crippen molar-refractivity contribution in [2.75, 3.05) is 32.9 Å². The van der Waals surface area contributed by atoms with E-state index in [0.29, 0.717) is 13.0 Å². The highest BCUT2D eigenvalue weighted by Crippen LogP contribution is 2.44. The number of nitrogens with zero attached hydrogens (tertiary/aromatic N) is 1. The summed E-state index contributed by atoms with van der Waals surface area (Å²) >= 11 is 0. The molecule has 0 aromatic heterocycles. The van der Waals surface area contributed by atoms with E-state index in [1.165, 1.54) is 0 Å². The minimum absolute atomic E-state index is 0.0463. The molecular formula is C26H28N2O7. The van der Waals surface area contributed by atoms with Crippen molar-refractivity contribution in [1.82, 2.24) is 10.2 Å². The van der Waals surface area contributed by atoms with Crippen molar-refractivity contribution in [3.63, 3.8) is 0 Å². The number of benzene rings is 2. The first-order chi connectivity index (χ1) is 16.8. The summed E-state index contributed by atoms with van der Waals surface area (Å²) in [5.74, 6) is -1.35. The molecule has 9 heteroatoms. The average Bonchev–Trinajstić information content (AvgIpc) is 3.41. The van der Waals surface area contributed by atoms with Gasteiger partial charge >= 0.3 is 12.1 Å². The first-order valence-corrected chi connectivity index (χ1v) is 11.7. The van der Waals surface area contributed by atoms with Crippen LogP contribution in [0.1, 0.15) is 30.4 Å². The van der Waals surface area contributed by atoms with E-state index in [9.17, 15) is 14.4 Å². The van der Waals surface area contributed by atoms with E-state index in [2.05, 4.69) is 29.6 Å². The first-order valence-electron chi connectivity index (χ1n) is 11.7. The molecule has 2 atom stereocenters. The van der Waals surface area contributed by atoms with Gasteiger partial charge in [-0.25, -0.2) is 9.59 Å². The molecule has 2 N–H and O–H groups in total. The zero-order valence-electron chi connectivity index (χ0n) is 19.4. The number of amides is 2. The second-order valence-corrected chi connectivity index (χ2v) is 9.48. The molecule has 0 saturated carbocycles. The molecule has 2 aromatic rings. The molecule has 0 spiro atoms. The van der Waals surface area contributed by atoms with E-state index >= 15 is 0 Å². The lowest BCUT2D eigenvalue weighted by Gasteiger charge is -2.48. The summed E-state index contributed by atoms with van der Waals surface area (Å²) in [7, 11) is 0. The van der Waals surface area contributed by atoms with Gasteiger partial charge in [-0.15, -0.1) is 0 Å². The van der Waals surface area contributed by atoms with Gasteiger partial charge in [0.05, 0.1) is 19.1 Å². The highest BCUT2D eigenvalue weighted by Gasteiger charge is 2.47. The van der Waals surface area contributed by atoms with Gasteiger partial charge in [0.15, 0.2) is 6.10 Å². The molecule has 3 aliphatic rings. The van der Waals surface area contributed by atoms with Crippen molar-refractivity contribution in [2.24, 2.45) is 0 Å². The van der Waals surface area contributed by atoms with Crippen LogP contribution in [-0.4, -0.2) is 78.6 Å². The number of ether oxygens (including phenoxy) is 3. The number of fused-ring (bicyclic) bond motifs is 3. The van der Waals surface area contributed by atoms with Gasteiger partial charge in [-0.3, -0.25) is 4.79 Å². The molecule has 35 heavy (non-hydrogen) atoms. The maximum atomic E-state index is 12.9. The maximum Gasteiger partial charge on any atom is 0.407 e. The lowest BCUT2D eigenvalue weighted by Crippen LogP contribution is -2.66. The zero-order valence-corrected chi connectivity index (χ0v) is 19.4. The number of hydrogen-bond acceptors (Lipinski definition) is 6. The summed E-state index contributed by atoms with van der Waals surface area (Å²) in [5, 5.41) is 11.6. The fraction of sp³-hybridized carbons (Fsp3) is 0.423. The maximum absolute atomic E-state index is 12.9. The number of carbonyl (C=O) groups excluding carboxylic acids is 2. The molecule has 5 rings (SSSR count). The molecule has 2 saturated heterocycles. The molecule has 184 valence electrons. The van der Waals surface area contributed by atoms with Gasteiger partial charge < -0.3 is 29.5 Å². The third-order valence-electron chi connectivity index (χ3n) is 6.89. The molecule has 9 nitrogen and oxygen atoms in total. The molecule has 1 aliphatic carbocycles. The Bertz CT molecular complexity index is 1100. The van der Waals surface area contributed by atoms with E-state index in [1.54, 1.807) is 11.8 Å². The summed E-state index contributed by atoms with van der Waals surface area (Å²) in [6, 6.07) is 15.7. The van der Waals surface area contributed by atoms with Gasteiger partial charge in [0.25, 0.3) is 5.91 Å². The van der Waals surface area contributed by atoms with Crippen molar-refractivity contribution in [1.29, 1.82) is 0 Å². The molecule has 2 heterocycles. The third-order valence-corrected chi connectivity index (χ3v) is 6.89. The smallest absolute Gasteiger partial charge is 0.407 e. The Balaban J connectivity index is 1.16. The van der Waals surface area contributed by atoms with E-state index in [-0.39, 0.29) is 31.5 Å². The van der Waals surface area contributed by atoms with Gasteiger partial charge in [0.1, 0.15) is 18.8 Å². The van der Waals surface area contributed by atoms with Crippen molar-refractivity contribution in [3.8, 4) is 11.1 Å². The average molecular weight is 481 g/mol. The number of aliphatic carboxylic acids is 1. The third kappa shape index (κ3) is 4.61. The van der Waals surface area contributed by atoms with Crippen LogP contribution < -0.4 is 5.32 Å². The Morgan fingerprint density at radius 3 is 2.34 bits per heavy atom. The summed E-state index contributed by atoms with van der Waals surface area (Å²) in [6.07, 6.45) is -0.890. The second-order valence-electron chi connectivity index (χ2n) is 9.48. The number of rotatable bonds is 7. The molecule has 2 fully saturated rings. The fourth-order valence-corrected chi connectivity index (χ4v) is 5.20. The van der Waals surface area contributed by atoms with Crippen LogP contribution in [-0.2, 0) is 23.8 Å². The first kappa shape index (κ1) is 23.3. The van der Waals surface area contributed by atoms with Crippen molar-refractivity contribution >= 4 is 18.0 Å². The molecule has 2 aromatic carbocycles. The largest absolute Gasteiger partial charge is 0.480 e. The highest BCUT2D eigenvalue weighted by atomic mass is 16.6. The molecule has 0 radical (unpaired) electrons. The molecular weight excluding hydrogens is 452 g/mol. The highest BCUT2D eigenvalue weighted by molar-refractivity contribution is 5.84. The minimum Gasteiger partial charge on any atom is -0.480 e. The van der Waals surface area contributed by atoms with Crippen LogP contribution in [0.5, 0.6) is 0 Å². The predicted molar refractivity (Wildman–Crippen MR) is 125 cm³/mol. The lowest BCUT2D eigenvalue weighted by atomic mass is 9.94. The van der Waals surface area contributed by atoms with E-state index in [4.69, 9.17) is 19.3 Å². The van der Waals surface area contributed by atoms with Crippen molar-refractivity contribution in [3.05, 3.63) is 59.7 Å². The number of likely N-dealkylation sites (tertiary alicyclic amines) is 1. The Morgan fingerprint density at radius 2 is 1.71 bits per heavy atom. The second kappa shape index (κ2) is 9.31. The van der Waals surface area contributed by atoms with Crippen LogP contribution in [0.2, 0.25) is 0 Å². The fourth-order valence-electron chi connectivity index (χ4n) is 5.20. The van der Waals surface area contributed by atoms with Gasteiger partial charge in [-0.1, -0.05) is 48.5 Å². The van der Waals surface area contributed by atoms with Gasteiger partial charge in [-0.05, 0) is 35.6 Å². The number of carboxylic acid groups (broad SMARTS) is 1. The Hall–Kier alpha value is -3.43. The summed E-state index contributed by atoms with van der Waals surface area (Å²) in [6.45, 7) is 2.45. The summed E-state index contributed by atoms with van der Waals surface area (Å²) < 4.78 is 16.6.